The van der Waals surface area contributed by atoms with Crippen molar-refractivity contribution in [1.82, 2.24) is 5.32 Å². The third-order valence-corrected chi connectivity index (χ3v) is 4.31. The minimum Gasteiger partial charge on any atom is -0.297 e. The fraction of sp³-hybridized carbons (Fsp3) is 0.150. The minimum atomic E-state index is -4.56. The SMILES string of the molecule is C=NC(=N)NC(=O)c1ccc2c(c1)C(c1ccccc1NC(F)(F)F)=CCC2. The molecule has 1 amide bonds. The van der Waals surface area contributed by atoms with Crippen molar-refractivity contribution in [3.63, 3.8) is 0 Å². The second kappa shape index (κ2) is 7.67. The van der Waals surface area contributed by atoms with Crippen LogP contribution in [0.4, 0.5) is 18.9 Å². The second-order valence-corrected chi connectivity index (χ2v) is 6.16. The molecule has 144 valence electrons. The second-order valence-electron chi connectivity index (χ2n) is 6.16. The van der Waals surface area contributed by atoms with Gasteiger partial charge in [-0.05, 0) is 54.5 Å². The van der Waals surface area contributed by atoms with E-state index in [1.165, 1.54) is 12.1 Å². The number of alkyl halides is 3. The molecule has 8 heteroatoms. The summed E-state index contributed by atoms with van der Waals surface area (Å²) in [6.45, 7) is 3.17. The molecule has 0 atom stereocenters. The fourth-order valence-corrected chi connectivity index (χ4v) is 3.12. The Hall–Kier alpha value is -3.42. The molecule has 3 rings (SSSR count). The van der Waals surface area contributed by atoms with Gasteiger partial charge in [-0.15, -0.1) is 0 Å². The van der Waals surface area contributed by atoms with Crippen molar-refractivity contribution in [2.24, 2.45) is 4.99 Å². The minimum absolute atomic E-state index is 0.0541. The number of para-hydroxylation sites is 1. The number of anilines is 1. The first kappa shape index (κ1) is 19.3. The number of nitrogens with one attached hydrogen (secondary N) is 3. The number of carbonyl (C=O) groups excluding carboxylic acids is 1. The number of aryl methyl sites for hydroxylation is 1. The van der Waals surface area contributed by atoms with E-state index < -0.39 is 12.2 Å². The third-order valence-electron chi connectivity index (χ3n) is 4.31. The van der Waals surface area contributed by atoms with Crippen LogP contribution in [0.3, 0.4) is 0 Å². The Morgan fingerprint density at radius 2 is 1.89 bits per heavy atom. The van der Waals surface area contributed by atoms with Crippen LogP contribution in [-0.2, 0) is 6.42 Å². The molecule has 0 saturated heterocycles. The molecule has 0 aromatic heterocycles. The van der Waals surface area contributed by atoms with E-state index in [0.29, 0.717) is 23.1 Å². The van der Waals surface area contributed by atoms with Crippen LogP contribution in [0.1, 0.15) is 33.5 Å². The summed E-state index contributed by atoms with van der Waals surface area (Å²) in [4.78, 5) is 15.6. The van der Waals surface area contributed by atoms with Crippen molar-refractivity contribution in [3.05, 3.63) is 70.8 Å². The molecule has 0 bridgehead atoms. The predicted molar refractivity (Wildman–Crippen MR) is 103 cm³/mol. The molecule has 1 aliphatic carbocycles. The molecule has 0 saturated carbocycles. The molecule has 0 unspecified atom stereocenters. The van der Waals surface area contributed by atoms with Gasteiger partial charge in [0.05, 0.1) is 0 Å². The topological polar surface area (TPSA) is 77.3 Å². The van der Waals surface area contributed by atoms with E-state index in [0.717, 1.165) is 12.0 Å². The summed E-state index contributed by atoms with van der Waals surface area (Å²) in [6.07, 6.45) is -1.29. The maximum Gasteiger partial charge on any atom is 0.482 e. The monoisotopic (exact) mass is 386 g/mol. The molecule has 1 aliphatic rings. The molecule has 0 radical (unpaired) electrons. The van der Waals surface area contributed by atoms with Crippen molar-refractivity contribution >= 4 is 29.8 Å². The lowest BCUT2D eigenvalue weighted by molar-refractivity contribution is -0.0999. The van der Waals surface area contributed by atoms with Gasteiger partial charge in [0.1, 0.15) is 0 Å². The number of carbonyl (C=O) groups is 1. The average molecular weight is 386 g/mol. The van der Waals surface area contributed by atoms with Crippen LogP contribution in [-0.4, -0.2) is 24.9 Å². The van der Waals surface area contributed by atoms with Gasteiger partial charge >= 0.3 is 6.30 Å². The van der Waals surface area contributed by atoms with Crippen LogP contribution < -0.4 is 10.6 Å². The molecule has 3 N–H and O–H groups in total. The van der Waals surface area contributed by atoms with Crippen LogP contribution in [0.2, 0.25) is 0 Å². The first-order chi connectivity index (χ1) is 13.3. The normalized spacial score (nSPS) is 13.2. The van der Waals surface area contributed by atoms with E-state index in [2.05, 4.69) is 17.0 Å². The highest BCUT2D eigenvalue weighted by atomic mass is 19.4. The highest BCUT2D eigenvalue weighted by molar-refractivity contribution is 6.06. The van der Waals surface area contributed by atoms with Crippen molar-refractivity contribution < 1.29 is 18.0 Å². The first-order valence-electron chi connectivity index (χ1n) is 8.43. The lowest BCUT2D eigenvalue weighted by atomic mass is 9.85. The van der Waals surface area contributed by atoms with E-state index in [1.807, 2.05) is 6.08 Å². The highest BCUT2D eigenvalue weighted by Gasteiger charge is 2.29. The number of guanidine groups is 1. The third kappa shape index (κ3) is 4.28. The van der Waals surface area contributed by atoms with Crippen LogP contribution in [0.15, 0.2) is 53.5 Å². The van der Waals surface area contributed by atoms with Gasteiger partial charge in [-0.25, -0.2) is 4.99 Å². The summed E-state index contributed by atoms with van der Waals surface area (Å²) in [5.41, 5.74) is 2.88. The van der Waals surface area contributed by atoms with E-state index in [-0.39, 0.29) is 17.2 Å². The quantitative estimate of drug-likeness (QED) is 0.416. The van der Waals surface area contributed by atoms with Gasteiger partial charge in [0.2, 0.25) is 5.96 Å². The Labute approximate surface area is 159 Å². The zero-order valence-corrected chi connectivity index (χ0v) is 14.7. The van der Waals surface area contributed by atoms with Crippen LogP contribution in [0, 0.1) is 5.41 Å². The van der Waals surface area contributed by atoms with E-state index in [9.17, 15) is 18.0 Å². The number of halogens is 3. The first-order valence-corrected chi connectivity index (χ1v) is 8.43. The molecule has 2 aromatic carbocycles. The number of amides is 1. The fourth-order valence-electron chi connectivity index (χ4n) is 3.12. The Balaban J connectivity index is 2.02. The van der Waals surface area contributed by atoms with Gasteiger partial charge in [-0.3, -0.25) is 20.8 Å². The van der Waals surface area contributed by atoms with Gasteiger partial charge in [-0.1, -0.05) is 30.3 Å². The number of benzene rings is 2. The van der Waals surface area contributed by atoms with Crippen molar-refractivity contribution in [1.29, 1.82) is 5.41 Å². The molecule has 0 heterocycles. The number of nitrogens with zero attached hydrogens (tertiary/aromatic N) is 1. The van der Waals surface area contributed by atoms with E-state index >= 15 is 0 Å². The van der Waals surface area contributed by atoms with Gasteiger partial charge in [0.25, 0.3) is 5.91 Å². The predicted octanol–water partition coefficient (Wildman–Crippen LogP) is 4.36. The molecular weight excluding hydrogens is 369 g/mol. The van der Waals surface area contributed by atoms with Crippen molar-refractivity contribution in [2.75, 3.05) is 5.32 Å². The zero-order chi connectivity index (χ0) is 20.3. The summed E-state index contributed by atoms with van der Waals surface area (Å²) in [6, 6.07) is 11.2. The Kier molecular flexibility index (Phi) is 5.30. The molecule has 0 aliphatic heterocycles. The number of hydrogen-bond donors (Lipinski definition) is 3. The van der Waals surface area contributed by atoms with Gasteiger partial charge in [-0.2, -0.15) is 13.2 Å². The number of allylic oxidation sites excluding steroid dienone is 1. The summed E-state index contributed by atoms with van der Waals surface area (Å²) >= 11 is 0. The van der Waals surface area contributed by atoms with Crippen molar-refractivity contribution in [3.8, 4) is 0 Å². The van der Waals surface area contributed by atoms with Crippen LogP contribution in [0.25, 0.3) is 5.57 Å². The van der Waals surface area contributed by atoms with Gasteiger partial charge in [0, 0.05) is 16.8 Å². The lowest BCUT2D eigenvalue weighted by Gasteiger charge is -2.22. The average Bonchev–Trinajstić information content (AvgIpc) is 2.66. The number of aliphatic imine (C=N–C) groups is 1. The number of hydrogen-bond acceptors (Lipinski definition) is 3. The summed E-state index contributed by atoms with van der Waals surface area (Å²) in [7, 11) is 0. The maximum atomic E-state index is 12.9. The number of rotatable bonds is 3. The van der Waals surface area contributed by atoms with Crippen LogP contribution >= 0.6 is 0 Å². The Morgan fingerprint density at radius 3 is 2.61 bits per heavy atom. The smallest absolute Gasteiger partial charge is 0.297 e. The van der Waals surface area contributed by atoms with E-state index in [4.69, 9.17) is 5.41 Å². The highest BCUT2D eigenvalue weighted by Crippen LogP contribution is 2.37. The molecule has 5 nitrogen and oxygen atoms in total. The van der Waals surface area contributed by atoms with Crippen molar-refractivity contribution in [2.45, 2.75) is 19.1 Å². The van der Waals surface area contributed by atoms with Gasteiger partial charge < -0.3 is 0 Å². The Bertz CT molecular complexity index is 980. The summed E-state index contributed by atoms with van der Waals surface area (Å²) in [5.74, 6) is -0.912. The molecular formula is C20H17F3N4O. The standard InChI is InChI=1S/C20H17F3N4O/c1-25-19(24)26-18(28)13-10-9-12-5-4-7-14(16(12)11-13)15-6-2-3-8-17(15)27-20(21,22)23/h2-3,6-11,27H,1,4-5H2,(H2,24,26,28). The van der Waals surface area contributed by atoms with Crippen LogP contribution in [0.5, 0.6) is 0 Å². The maximum absolute atomic E-state index is 12.9. The molecule has 28 heavy (non-hydrogen) atoms. The summed E-state index contributed by atoms with van der Waals surface area (Å²) in [5, 5.41) is 11.3. The molecule has 0 fully saturated rings. The van der Waals surface area contributed by atoms with E-state index in [1.54, 1.807) is 35.6 Å². The lowest BCUT2D eigenvalue weighted by Crippen LogP contribution is -2.28. The summed E-state index contributed by atoms with van der Waals surface area (Å²) < 4.78 is 38.7. The Morgan fingerprint density at radius 1 is 1.14 bits per heavy atom. The molecule has 0 spiro atoms. The molecule has 2 aromatic rings. The largest absolute Gasteiger partial charge is 0.482 e. The van der Waals surface area contributed by atoms with Gasteiger partial charge in [0.15, 0.2) is 0 Å². The zero-order valence-electron chi connectivity index (χ0n) is 14.7. The number of fused-ring (bicyclic) bond motifs is 1.